The lowest BCUT2D eigenvalue weighted by atomic mass is 10.2. The summed E-state index contributed by atoms with van der Waals surface area (Å²) in [6, 6.07) is -0.104. The fourth-order valence-corrected chi connectivity index (χ4v) is 4.14. The summed E-state index contributed by atoms with van der Waals surface area (Å²) in [5.74, 6) is -0.316. The van der Waals surface area contributed by atoms with Gasteiger partial charge in [-0.15, -0.1) is 11.3 Å². The van der Waals surface area contributed by atoms with Gasteiger partial charge < -0.3 is 10.1 Å². The molecule has 0 bridgehead atoms. The summed E-state index contributed by atoms with van der Waals surface area (Å²) >= 11 is 0.947. The van der Waals surface area contributed by atoms with E-state index in [9.17, 15) is 13.2 Å². The Hall–Kier alpha value is -0.630. The van der Waals surface area contributed by atoms with Crippen molar-refractivity contribution in [2.75, 3.05) is 13.7 Å². The molecule has 1 aromatic heterocycles. The minimum Gasteiger partial charge on any atom is -0.383 e. The summed E-state index contributed by atoms with van der Waals surface area (Å²) in [5.41, 5.74) is 0.712. The van der Waals surface area contributed by atoms with E-state index in [1.165, 1.54) is 5.38 Å². The quantitative estimate of drug-likeness (QED) is 0.813. The van der Waals surface area contributed by atoms with Crippen molar-refractivity contribution in [2.24, 2.45) is 0 Å². The monoisotopic (exact) mass is 325 g/mol. The highest BCUT2D eigenvalue weighted by Gasteiger charge is 2.23. The molecule has 0 fully saturated rings. The van der Waals surface area contributed by atoms with E-state index in [1.54, 1.807) is 14.0 Å². The summed E-state index contributed by atoms with van der Waals surface area (Å²) < 4.78 is 27.6. The molecule has 1 heterocycles. The van der Waals surface area contributed by atoms with Gasteiger partial charge in [-0.2, -0.15) is 0 Å². The molecule has 1 rings (SSSR count). The lowest BCUT2D eigenvalue weighted by Crippen LogP contribution is -2.37. The van der Waals surface area contributed by atoms with Gasteiger partial charge in [-0.25, -0.2) is 8.42 Å². The van der Waals surface area contributed by atoms with Crippen molar-refractivity contribution in [3.05, 3.63) is 16.5 Å². The van der Waals surface area contributed by atoms with Crippen molar-refractivity contribution < 1.29 is 17.9 Å². The molecule has 0 saturated heterocycles. The van der Waals surface area contributed by atoms with Crippen LogP contribution >= 0.6 is 22.0 Å². The highest BCUT2D eigenvalue weighted by atomic mass is 35.7. The Balaban J connectivity index is 2.93. The lowest BCUT2D eigenvalue weighted by Gasteiger charge is -2.15. The van der Waals surface area contributed by atoms with E-state index >= 15 is 0 Å². The SMILES string of the molecule is CCC(COC)NC(=O)c1csc(S(=O)(=O)Cl)c1C. The Morgan fingerprint density at radius 3 is 2.63 bits per heavy atom. The predicted molar refractivity (Wildman–Crippen MR) is 75.5 cm³/mol. The van der Waals surface area contributed by atoms with Gasteiger partial charge in [0, 0.05) is 23.2 Å². The molecule has 1 aromatic rings. The van der Waals surface area contributed by atoms with E-state index in [0.717, 1.165) is 17.8 Å². The van der Waals surface area contributed by atoms with Crippen molar-refractivity contribution in [3.63, 3.8) is 0 Å². The lowest BCUT2D eigenvalue weighted by molar-refractivity contribution is 0.0894. The van der Waals surface area contributed by atoms with Gasteiger partial charge in [-0.3, -0.25) is 4.79 Å². The number of carbonyl (C=O) groups excluding carboxylic acids is 1. The number of halogens is 1. The third-order valence-corrected chi connectivity index (χ3v) is 5.96. The van der Waals surface area contributed by atoms with Crippen molar-refractivity contribution in [1.82, 2.24) is 5.32 Å². The van der Waals surface area contributed by atoms with Gasteiger partial charge in [-0.1, -0.05) is 6.92 Å². The van der Waals surface area contributed by atoms with Gasteiger partial charge in [-0.05, 0) is 18.9 Å². The van der Waals surface area contributed by atoms with Crippen LogP contribution in [0.15, 0.2) is 9.59 Å². The third-order valence-electron chi connectivity index (χ3n) is 2.66. The van der Waals surface area contributed by atoms with Crippen LogP contribution in [0.1, 0.15) is 29.3 Å². The molecular formula is C11H16ClNO4S2. The minimum atomic E-state index is -3.80. The molecule has 1 unspecified atom stereocenters. The molecule has 0 saturated carbocycles. The highest BCUT2D eigenvalue weighted by molar-refractivity contribution is 8.15. The molecule has 5 nitrogen and oxygen atoms in total. The van der Waals surface area contributed by atoms with Crippen LogP contribution in [0.3, 0.4) is 0 Å². The van der Waals surface area contributed by atoms with E-state index in [4.69, 9.17) is 15.4 Å². The van der Waals surface area contributed by atoms with Gasteiger partial charge in [0.25, 0.3) is 15.0 Å². The van der Waals surface area contributed by atoms with Gasteiger partial charge >= 0.3 is 0 Å². The molecule has 0 spiro atoms. The molecule has 108 valence electrons. The average Bonchev–Trinajstić information content (AvgIpc) is 2.70. The number of ether oxygens (including phenoxy) is 1. The maximum Gasteiger partial charge on any atom is 0.271 e. The molecule has 0 aromatic carbocycles. The highest BCUT2D eigenvalue weighted by Crippen LogP contribution is 2.29. The fraction of sp³-hybridized carbons (Fsp3) is 0.545. The van der Waals surface area contributed by atoms with Crippen LogP contribution in [-0.4, -0.2) is 34.1 Å². The summed E-state index contributed by atoms with van der Waals surface area (Å²) in [6.45, 7) is 3.91. The zero-order valence-electron chi connectivity index (χ0n) is 10.9. The number of thiophene rings is 1. The average molecular weight is 326 g/mol. The molecule has 1 N–H and O–H groups in total. The van der Waals surface area contributed by atoms with Crippen LogP contribution in [-0.2, 0) is 13.8 Å². The predicted octanol–water partition coefficient (Wildman–Crippen LogP) is 2.14. The fourth-order valence-electron chi connectivity index (χ4n) is 1.59. The molecule has 0 aliphatic rings. The largest absolute Gasteiger partial charge is 0.383 e. The minimum absolute atomic E-state index is 0.0131. The summed E-state index contributed by atoms with van der Waals surface area (Å²) in [6.07, 6.45) is 0.726. The molecule has 0 radical (unpaired) electrons. The van der Waals surface area contributed by atoms with E-state index in [0.29, 0.717) is 17.7 Å². The molecule has 0 aliphatic heterocycles. The van der Waals surface area contributed by atoms with E-state index in [2.05, 4.69) is 5.32 Å². The van der Waals surface area contributed by atoms with Crippen LogP contribution in [0.5, 0.6) is 0 Å². The van der Waals surface area contributed by atoms with Crippen molar-refractivity contribution in [1.29, 1.82) is 0 Å². The summed E-state index contributed by atoms with van der Waals surface area (Å²) in [4.78, 5) is 12.1. The van der Waals surface area contributed by atoms with Gasteiger partial charge in [0.1, 0.15) is 4.21 Å². The summed E-state index contributed by atoms with van der Waals surface area (Å²) in [7, 11) is 3.05. The molecule has 1 amide bonds. The molecule has 8 heteroatoms. The summed E-state index contributed by atoms with van der Waals surface area (Å²) in [5, 5.41) is 4.29. The van der Waals surface area contributed by atoms with Gasteiger partial charge in [0.05, 0.1) is 18.2 Å². The van der Waals surface area contributed by atoms with E-state index in [-0.39, 0.29) is 16.2 Å². The van der Waals surface area contributed by atoms with Crippen LogP contribution in [0, 0.1) is 6.92 Å². The number of methoxy groups -OCH3 is 1. The topological polar surface area (TPSA) is 72.5 Å². The van der Waals surface area contributed by atoms with Gasteiger partial charge in [0.15, 0.2) is 0 Å². The number of hydrogen-bond acceptors (Lipinski definition) is 5. The Labute approximate surface area is 121 Å². The maximum atomic E-state index is 12.1. The zero-order chi connectivity index (χ0) is 14.6. The number of amides is 1. The first-order valence-corrected chi connectivity index (χ1v) is 8.82. The van der Waals surface area contributed by atoms with E-state index < -0.39 is 9.05 Å². The molecule has 19 heavy (non-hydrogen) atoms. The number of nitrogens with one attached hydrogen (secondary N) is 1. The first kappa shape index (κ1) is 16.4. The Morgan fingerprint density at radius 1 is 1.58 bits per heavy atom. The van der Waals surface area contributed by atoms with Crippen LogP contribution in [0.2, 0.25) is 0 Å². The second kappa shape index (κ2) is 6.69. The first-order chi connectivity index (χ1) is 8.81. The molecule has 0 aliphatic carbocycles. The second-order valence-electron chi connectivity index (χ2n) is 4.03. The number of hydrogen-bond donors (Lipinski definition) is 1. The third kappa shape index (κ3) is 4.17. The van der Waals surface area contributed by atoms with Crippen molar-refractivity contribution >= 4 is 37.0 Å². The Morgan fingerprint density at radius 2 is 2.21 bits per heavy atom. The van der Waals surface area contributed by atoms with Crippen molar-refractivity contribution in [3.8, 4) is 0 Å². The van der Waals surface area contributed by atoms with Crippen LogP contribution in [0.4, 0.5) is 0 Å². The number of carbonyl (C=O) groups is 1. The molecular weight excluding hydrogens is 310 g/mol. The smallest absolute Gasteiger partial charge is 0.271 e. The van der Waals surface area contributed by atoms with Crippen LogP contribution in [0.25, 0.3) is 0 Å². The normalized spacial score (nSPS) is 13.3. The second-order valence-corrected chi connectivity index (χ2v) is 7.67. The molecule has 1 atom stereocenters. The van der Waals surface area contributed by atoms with E-state index in [1.807, 2.05) is 6.92 Å². The zero-order valence-corrected chi connectivity index (χ0v) is 13.3. The van der Waals surface area contributed by atoms with Gasteiger partial charge in [0.2, 0.25) is 0 Å². The van der Waals surface area contributed by atoms with Crippen molar-refractivity contribution in [2.45, 2.75) is 30.5 Å². The maximum absolute atomic E-state index is 12.1. The standard InChI is InChI=1S/C11H16ClNO4S2/c1-4-8(5-17-3)13-10(14)9-6-18-11(7(9)2)19(12,15)16/h6,8H,4-5H2,1-3H3,(H,13,14). The van der Waals surface area contributed by atoms with Crippen LogP contribution < -0.4 is 5.32 Å². The number of rotatable bonds is 6. The first-order valence-electron chi connectivity index (χ1n) is 5.63. The Kier molecular flexibility index (Phi) is 5.79. The Bertz CT molecular complexity index is 553.